The average molecular weight is 392 g/mol. The Bertz CT molecular complexity index is 1270. The molecule has 8 nitrogen and oxygen atoms in total. The van der Waals surface area contributed by atoms with Crippen LogP contribution in [0.25, 0.3) is 22.4 Å². The van der Waals surface area contributed by atoms with Gasteiger partial charge in [0.1, 0.15) is 5.82 Å². The van der Waals surface area contributed by atoms with E-state index in [1.165, 1.54) is 42.5 Å². The number of carbonyl (C=O) groups is 1. The molecule has 2 aromatic carbocycles. The molecule has 0 aliphatic rings. The Balaban J connectivity index is 1.82. The van der Waals surface area contributed by atoms with E-state index >= 15 is 0 Å². The van der Waals surface area contributed by atoms with E-state index in [4.69, 9.17) is 4.52 Å². The monoisotopic (exact) mass is 392 g/mol. The van der Waals surface area contributed by atoms with Gasteiger partial charge in [-0.2, -0.15) is 0 Å². The normalized spacial score (nSPS) is 10.8. The molecule has 0 aliphatic heterocycles. The van der Waals surface area contributed by atoms with Crippen LogP contribution >= 0.6 is 0 Å². The number of anilines is 1. The summed E-state index contributed by atoms with van der Waals surface area (Å²) in [6, 6.07) is 12.9. The summed E-state index contributed by atoms with van der Waals surface area (Å²) in [6.45, 7) is 1.67. The predicted molar refractivity (Wildman–Crippen MR) is 103 cm³/mol. The smallest absolute Gasteiger partial charge is 0.270 e. The molecule has 0 saturated carbocycles. The molecule has 0 unspecified atom stereocenters. The van der Waals surface area contributed by atoms with Gasteiger partial charge < -0.3 is 9.84 Å². The molecule has 0 saturated heterocycles. The van der Waals surface area contributed by atoms with Gasteiger partial charge in [-0.05, 0) is 31.2 Å². The zero-order valence-corrected chi connectivity index (χ0v) is 15.0. The first-order chi connectivity index (χ1) is 13.9. The van der Waals surface area contributed by atoms with Crippen molar-refractivity contribution >= 4 is 28.4 Å². The quantitative estimate of drug-likeness (QED) is 0.404. The number of non-ortho nitro benzene ring substituents is 1. The van der Waals surface area contributed by atoms with Gasteiger partial charge >= 0.3 is 0 Å². The van der Waals surface area contributed by atoms with Crippen LogP contribution in [-0.2, 0) is 0 Å². The van der Waals surface area contributed by atoms with Crippen LogP contribution < -0.4 is 5.32 Å². The summed E-state index contributed by atoms with van der Waals surface area (Å²) in [5, 5.41) is 18.0. The van der Waals surface area contributed by atoms with E-state index in [1.54, 1.807) is 19.1 Å². The van der Waals surface area contributed by atoms with Crippen molar-refractivity contribution in [3.63, 3.8) is 0 Å². The standard InChI is InChI=1S/C20H13FN4O4/c1-11-18-16(19(26)22-14-6-3-5-13(21)9-14)10-17(23-20(18)29-24-11)12-4-2-7-15(8-12)25(27)28/h2-10H,1H3,(H,22,26). The maximum absolute atomic E-state index is 13.4. The maximum atomic E-state index is 13.4. The van der Waals surface area contributed by atoms with E-state index in [0.29, 0.717) is 22.3 Å². The first-order valence-electron chi connectivity index (χ1n) is 8.51. The first-order valence-corrected chi connectivity index (χ1v) is 8.51. The van der Waals surface area contributed by atoms with E-state index in [1.807, 2.05) is 0 Å². The summed E-state index contributed by atoms with van der Waals surface area (Å²) < 4.78 is 18.6. The molecule has 2 aromatic heterocycles. The van der Waals surface area contributed by atoms with E-state index in [2.05, 4.69) is 15.5 Å². The van der Waals surface area contributed by atoms with Gasteiger partial charge in [0.15, 0.2) is 0 Å². The van der Waals surface area contributed by atoms with Crippen LogP contribution in [0.2, 0.25) is 0 Å². The lowest BCUT2D eigenvalue weighted by Crippen LogP contribution is -2.13. The van der Waals surface area contributed by atoms with E-state index < -0.39 is 16.6 Å². The minimum absolute atomic E-state index is 0.107. The number of carbonyl (C=O) groups excluding carboxylic acids is 1. The summed E-state index contributed by atoms with van der Waals surface area (Å²) in [6.07, 6.45) is 0. The number of aromatic nitrogens is 2. The SMILES string of the molecule is Cc1noc2nc(-c3cccc([N+](=O)[O-])c3)cc(C(=O)Nc3cccc(F)c3)c12. The van der Waals surface area contributed by atoms with Crippen LogP contribution in [0, 0.1) is 22.9 Å². The number of pyridine rings is 1. The molecule has 29 heavy (non-hydrogen) atoms. The number of rotatable bonds is 4. The lowest BCUT2D eigenvalue weighted by Gasteiger charge is -2.08. The topological polar surface area (TPSA) is 111 Å². The summed E-state index contributed by atoms with van der Waals surface area (Å²) in [7, 11) is 0. The Morgan fingerprint density at radius 3 is 2.72 bits per heavy atom. The van der Waals surface area contributed by atoms with Crippen molar-refractivity contribution in [3.05, 3.63) is 81.8 Å². The van der Waals surface area contributed by atoms with Crippen molar-refractivity contribution in [2.75, 3.05) is 5.32 Å². The Morgan fingerprint density at radius 1 is 1.17 bits per heavy atom. The summed E-state index contributed by atoms with van der Waals surface area (Å²) >= 11 is 0. The molecule has 1 amide bonds. The highest BCUT2D eigenvalue weighted by molar-refractivity contribution is 6.13. The molecule has 4 aromatic rings. The number of amides is 1. The van der Waals surface area contributed by atoms with Crippen molar-refractivity contribution in [2.24, 2.45) is 0 Å². The molecule has 0 fully saturated rings. The molecule has 9 heteroatoms. The number of nitrogens with zero attached hydrogens (tertiary/aromatic N) is 3. The van der Waals surface area contributed by atoms with Crippen LogP contribution in [-0.4, -0.2) is 21.0 Å². The fourth-order valence-electron chi connectivity index (χ4n) is 2.97. The second-order valence-corrected chi connectivity index (χ2v) is 6.28. The fraction of sp³-hybridized carbons (Fsp3) is 0.0500. The van der Waals surface area contributed by atoms with Gasteiger partial charge in [0, 0.05) is 23.4 Å². The molecule has 0 aliphatic carbocycles. The fourth-order valence-corrected chi connectivity index (χ4v) is 2.97. The van der Waals surface area contributed by atoms with Crippen molar-refractivity contribution in [3.8, 4) is 11.3 Å². The molecule has 144 valence electrons. The third-order valence-electron chi connectivity index (χ3n) is 4.30. The highest BCUT2D eigenvalue weighted by Gasteiger charge is 2.20. The van der Waals surface area contributed by atoms with Gasteiger partial charge in [-0.25, -0.2) is 9.37 Å². The summed E-state index contributed by atoms with van der Waals surface area (Å²) in [5.41, 5.74) is 1.71. The average Bonchev–Trinajstić information content (AvgIpc) is 3.08. The Morgan fingerprint density at radius 2 is 1.97 bits per heavy atom. The largest absolute Gasteiger partial charge is 0.335 e. The molecule has 0 spiro atoms. The lowest BCUT2D eigenvalue weighted by molar-refractivity contribution is -0.384. The number of hydrogen-bond acceptors (Lipinski definition) is 6. The van der Waals surface area contributed by atoms with Gasteiger partial charge in [0.05, 0.1) is 27.3 Å². The van der Waals surface area contributed by atoms with Crippen LogP contribution in [0.4, 0.5) is 15.8 Å². The van der Waals surface area contributed by atoms with Crippen LogP contribution in [0.1, 0.15) is 16.1 Å². The molecular formula is C20H13FN4O4. The third kappa shape index (κ3) is 3.53. The van der Waals surface area contributed by atoms with Crippen LogP contribution in [0.3, 0.4) is 0 Å². The Kier molecular flexibility index (Phi) is 4.47. The number of aryl methyl sites for hydroxylation is 1. The molecule has 0 radical (unpaired) electrons. The molecule has 0 bridgehead atoms. The number of nitro groups is 1. The van der Waals surface area contributed by atoms with Crippen molar-refractivity contribution < 1.29 is 18.6 Å². The predicted octanol–water partition coefficient (Wildman–Crippen LogP) is 4.50. The molecule has 4 rings (SSSR count). The minimum atomic E-state index is -0.516. The lowest BCUT2D eigenvalue weighted by atomic mass is 10.0. The Hall–Kier alpha value is -4.14. The van der Waals surface area contributed by atoms with Crippen molar-refractivity contribution in [1.82, 2.24) is 10.1 Å². The molecule has 0 atom stereocenters. The van der Waals surface area contributed by atoms with Gasteiger partial charge in [0.25, 0.3) is 17.3 Å². The van der Waals surface area contributed by atoms with Crippen molar-refractivity contribution in [2.45, 2.75) is 6.92 Å². The summed E-state index contributed by atoms with van der Waals surface area (Å²) in [4.78, 5) is 27.8. The van der Waals surface area contributed by atoms with E-state index in [0.717, 1.165) is 0 Å². The molecule has 1 N–H and O–H groups in total. The van der Waals surface area contributed by atoms with Gasteiger partial charge in [-0.15, -0.1) is 0 Å². The summed E-state index contributed by atoms with van der Waals surface area (Å²) in [5.74, 6) is -0.998. The van der Waals surface area contributed by atoms with Crippen molar-refractivity contribution in [1.29, 1.82) is 0 Å². The van der Waals surface area contributed by atoms with Crippen LogP contribution in [0.5, 0.6) is 0 Å². The van der Waals surface area contributed by atoms with Gasteiger partial charge in [-0.3, -0.25) is 14.9 Å². The number of nitrogens with one attached hydrogen (secondary N) is 1. The number of hydrogen-bond donors (Lipinski definition) is 1. The number of benzene rings is 2. The second kappa shape index (κ2) is 7.12. The number of fused-ring (bicyclic) bond motifs is 1. The van der Waals surface area contributed by atoms with Gasteiger partial charge in [0.2, 0.25) is 0 Å². The minimum Gasteiger partial charge on any atom is -0.335 e. The highest BCUT2D eigenvalue weighted by Crippen LogP contribution is 2.29. The first kappa shape index (κ1) is 18.2. The second-order valence-electron chi connectivity index (χ2n) is 6.28. The van der Waals surface area contributed by atoms with E-state index in [9.17, 15) is 19.3 Å². The maximum Gasteiger partial charge on any atom is 0.270 e. The third-order valence-corrected chi connectivity index (χ3v) is 4.30. The highest BCUT2D eigenvalue weighted by atomic mass is 19.1. The number of nitro benzene ring substituents is 1. The molecular weight excluding hydrogens is 379 g/mol. The molecule has 2 heterocycles. The zero-order chi connectivity index (χ0) is 20.5. The van der Waals surface area contributed by atoms with Crippen LogP contribution in [0.15, 0.2) is 59.1 Å². The zero-order valence-electron chi connectivity index (χ0n) is 15.0. The van der Waals surface area contributed by atoms with E-state index in [-0.39, 0.29) is 22.7 Å². The number of halogens is 1. The van der Waals surface area contributed by atoms with Gasteiger partial charge in [-0.1, -0.05) is 23.4 Å². The Labute approximate surface area is 163 Å².